The predicted molar refractivity (Wildman–Crippen MR) is 104 cm³/mol. The summed E-state index contributed by atoms with van der Waals surface area (Å²) in [5.74, 6) is 0.180. The molecule has 3 aromatic rings. The van der Waals surface area contributed by atoms with E-state index in [4.69, 9.17) is 10.5 Å². The van der Waals surface area contributed by atoms with Crippen LogP contribution in [-0.4, -0.2) is 42.1 Å². The van der Waals surface area contributed by atoms with Crippen LogP contribution in [0, 0.1) is 0 Å². The Labute approximate surface area is 161 Å². The normalized spacial score (nSPS) is 13.9. The molecule has 0 spiro atoms. The second-order valence-corrected chi connectivity index (χ2v) is 6.96. The summed E-state index contributed by atoms with van der Waals surface area (Å²) in [6, 6.07) is 0.781. The Bertz CT molecular complexity index is 1010. The van der Waals surface area contributed by atoms with Crippen LogP contribution in [0.5, 0.6) is 6.01 Å². The van der Waals surface area contributed by atoms with Gasteiger partial charge in [0.2, 0.25) is 0 Å². The Kier molecular flexibility index (Phi) is 5.20. The summed E-state index contributed by atoms with van der Waals surface area (Å²) >= 11 is 0. The largest absolute Gasteiger partial charge is 0.463 e. The van der Waals surface area contributed by atoms with Crippen LogP contribution in [0.4, 0.5) is 5.82 Å². The highest BCUT2D eigenvalue weighted by atomic mass is 16.5. The lowest BCUT2D eigenvalue weighted by molar-refractivity contribution is 0.286. The zero-order valence-corrected chi connectivity index (χ0v) is 15.8. The maximum absolute atomic E-state index is 12.4. The third kappa shape index (κ3) is 4.11. The van der Waals surface area contributed by atoms with E-state index in [0.29, 0.717) is 36.1 Å². The molecule has 0 bridgehead atoms. The van der Waals surface area contributed by atoms with Gasteiger partial charge >= 0.3 is 11.7 Å². The van der Waals surface area contributed by atoms with Gasteiger partial charge in [0, 0.05) is 12.6 Å². The Morgan fingerprint density at radius 3 is 2.79 bits per heavy atom. The van der Waals surface area contributed by atoms with Crippen molar-refractivity contribution in [3.05, 3.63) is 34.3 Å². The Balaban J connectivity index is 1.55. The number of rotatable bonds is 9. The maximum Gasteiger partial charge on any atom is 0.328 e. The summed E-state index contributed by atoms with van der Waals surface area (Å²) in [5.41, 5.74) is 7.96. The van der Waals surface area contributed by atoms with Gasteiger partial charge < -0.3 is 20.8 Å². The molecule has 0 amide bonds. The Hall–Kier alpha value is -3.01. The van der Waals surface area contributed by atoms with Gasteiger partial charge in [-0.25, -0.2) is 4.79 Å². The van der Waals surface area contributed by atoms with E-state index in [9.17, 15) is 4.79 Å². The lowest BCUT2D eigenvalue weighted by Crippen LogP contribution is -2.19. The number of nitrogens with zero attached hydrogens (tertiary/aromatic N) is 5. The van der Waals surface area contributed by atoms with E-state index >= 15 is 0 Å². The molecule has 4 N–H and O–H groups in total. The van der Waals surface area contributed by atoms with Crippen molar-refractivity contribution >= 4 is 17.0 Å². The molecule has 10 heteroatoms. The average Bonchev–Trinajstić information content (AvgIpc) is 3.47. The van der Waals surface area contributed by atoms with Crippen LogP contribution >= 0.6 is 0 Å². The van der Waals surface area contributed by atoms with Crippen LogP contribution in [0.2, 0.25) is 0 Å². The summed E-state index contributed by atoms with van der Waals surface area (Å²) in [7, 11) is 0. The molecule has 1 saturated carbocycles. The maximum atomic E-state index is 12.4. The van der Waals surface area contributed by atoms with Gasteiger partial charge in [-0.1, -0.05) is 13.3 Å². The van der Waals surface area contributed by atoms with E-state index in [1.165, 1.54) is 17.4 Å². The van der Waals surface area contributed by atoms with Crippen molar-refractivity contribution in [2.24, 2.45) is 0 Å². The molecule has 1 fully saturated rings. The van der Waals surface area contributed by atoms with E-state index in [-0.39, 0.29) is 24.1 Å². The number of anilines is 1. The summed E-state index contributed by atoms with van der Waals surface area (Å²) in [6.45, 7) is 3.50. The third-order valence-electron chi connectivity index (χ3n) is 4.59. The number of nitrogens with two attached hydrogens (primary N) is 1. The van der Waals surface area contributed by atoms with Crippen molar-refractivity contribution in [2.45, 2.75) is 51.7 Å². The fourth-order valence-corrected chi connectivity index (χ4v) is 2.80. The summed E-state index contributed by atoms with van der Waals surface area (Å²) in [4.78, 5) is 32.4. The van der Waals surface area contributed by atoms with Crippen molar-refractivity contribution in [1.82, 2.24) is 34.8 Å². The number of H-pyrrole nitrogens is 1. The molecule has 148 valence electrons. The highest BCUT2D eigenvalue weighted by molar-refractivity contribution is 5.81. The number of unbranched alkanes of at least 4 members (excludes halogenated alkanes) is 1. The molecule has 0 aromatic carbocycles. The predicted octanol–water partition coefficient (Wildman–Crippen LogP) is 0.971. The number of nitrogens with one attached hydrogen (secondary N) is 2. The standard InChI is InChI=1S/C18H24N8O2/c1-2-3-6-28-17-24-15(19)14-16(25-17)26(18(27)23-14)10-13-9-21-12(8-22-13)7-20-11-4-5-11/h8-9,11,20H,2-7,10H2,1H3,(H,23,27)(H2,19,24,25). The van der Waals surface area contributed by atoms with E-state index in [1.54, 1.807) is 12.4 Å². The smallest absolute Gasteiger partial charge is 0.328 e. The Morgan fingerprint density at radius 1 is 1.29 bits per heavy atom. The molecular weight excluding hydrogens is 360 g/mol. The first-order valence-electron chi connectivity index (χ1n) is 9.56. The molecule has 0 aliphatic heterocycles. The second kappa shape index (κ2) is 7.93. The minimum absolute atomic E-state index is 0.166. The number of hydrogen-bond acceptors (Lipinski definition) is 8. The minimum Gasteiger partial charge on any atom is -0.463 e. The first-order valence-corrected chi connectivity index (χ1v) is 9.56. The fourth-order valence-electron chi connectivity index (χ4n) is 2.80. The fraction of sp³-hybridized carbons (Fsp3) is 0.500. The number of fused-ring (bicyclic) bond motifs is 1. The quantitative estimate of drug-likeness (QED) is 0.464. The van der Waals surface area contributed by atoms with Crippen LogP contribution in [0.25, 0.3) is 11.2 Å². The molecule has 0 saturated heterocycles. The average molecular weight is 384 g/mol. The molecular formula is C18H24N8O2. The molecule has 3 aromatic heterocycles. The van der Waals surface area contributed by atoms with Gasteiger partial charge in [0.25, 0.3) is 0 Å². The van der Waals surface area contributed by atoms with Crippen molar-refractivity contribution in [2.75, 3.05) is 12.3 Å². The van der Waals surface area contributed by atoms with Gasteiger partial charge in [0.05, 0.1) is 36.9 Å². The van der Waals surface area contributed by atoms with Crippen LogP contribution in [0.3, 0.4) is 0 Å². The first-order chi connectivity index (χ1) is 13.6. The topological polar surface area (TPSA) is 137 Å². The lowest BCUT2D eigenvalue weighted by atomic mass is 10.4. The van der Waals surface area contributed by atoms with Crippen LogP contribution < -0.4 is 21.5 Å². The molecule has 1 aliphatic rings. The summed E-state index contributed by atoms with van der Waals surface area (Å²) in [6.07, 6.45) is 7.75. The van der Waals surface area contributed by atoms with Gasteiger partial charge in [0.1, 0.15) is 5.52 Å². The second-order valence-electron chi connectivity index (χ2n) is 6.96. The van der Waals surface area contributed by atoms with E-state index in [1.807, 2.05) is 0 Å². The van der Waals surface area contributed by atoms with Crippen LogP contribution in [-0.2, 0) is 13.1 Å². The molecule has 0 radical (unpaired) electrons. The van der Waals surface area contributed by atoms with Gasteiger partial charge in [-0.3, -0.25) is 14.5 Å². The number of nitrogen functional groups attached to an aromatic ring is 1. The number of aromatic amines is 1. The minimum atomic E-state index is -0.331. The monoisotopic (exact) mass is 384 g/mol. The highest BCUT2D eigenvalue weighted by Crippen LogP contribution is 2.19. The van der Waals surface area contributed by atoms with Gasteiger partial charge in [-0.2, -0.15) is 9.97 Å². The summed E-state index contributed by atoms with van der Waals surface area (Å²) < 4.78 is 7.01. The van der Waals surface area contributed by atoms with Crippen molar-refractivity contribution in [3.8, 4) is 6.01 Å². The molecule has 3 heterocycles. The Morgan fingerprint density at radius 2 is 2.07 bits per heavy atom. The molecule has 0 unspecified atom stereocenters. The molecule has 10 nitrogen and oxygen atoms in total. The third-order valence-corrected chi connectivity index (χ3v) is 4.59. The van der Waals surface area contributed by atoms with Gasteiger partial charge in [0.15, 0.2) is 11.5 Å². The zero-order chi connectivity index (χ0) is 19.5. The van der Waals surface area contributed by atoms with Crippen LogP contribution in [0.1, 0.15) is 44.0 Å². The van der Waals surface area contributed by atoms with Gasteiger partial charge in [-0.15, -0.1) is 0 Å². The zero-order valence-electron chi connectivity index (χ0n) is 15.8. The highest BCUT2D eigenvalue weighted by Gasteiger charge is 2.20. The summed E-state index contributed by atoms with van der Waals surface area (Å²) in [5, 5.41) is 3.40. The molecule has 0 atom stereocenters. The first kappa shape index (κ1) is 18.4. The SMILES string of the molecule is CCCCOc1nc(N)c2[nH]c(=O)n(Cc3cnc(CNC4CC4)cn3)c2n1. The van der Waals surface area contributed by atoms with Crippen molar-refractivity contribution in [3.63, 3.8) is 0 Å². The lowest BCUT2D eigenvalue weighted by Gasteiger charge is -2.07. The number of hydrogen-bond donors (Lipinski definition) is 3. The molecule has 4 rings (SSSR count). The van der Waals surface area contributed by atoms with Crippen molar-refractivity contribution < 1.29 is 4.74 Å². The van der Waals surface area contributed by atoms with E-state index in [2.05, 4.69) is 37.2 Å². The molecule has 1 aliphatic carbocycles. The van der Waals surface area contributed by atoms with Gasteiger partial charge in [-0.05, 0) is 19.3 Å². The number of ether oxygens (including phenoxy) is 1. The molecule has 28 heavy (non-hydrogen) atoms. The van der Waals surface area contributed by atoms with Crippen LogP contribution in [0.15, 0.2) is 17.2 Å². The number of imidazole rings is 1. The van der Waals surface area contributed by atoms with Crippen molar-refractivity contribution in [1.29, 1.82) is 0 Å². The van der Waals surface area contributed by atoms with E-state index in [0.717, 1.165) is 18.5 Å². The van der Waals surface area contributed by atoms with E-state index < -0.39 is 0 Å². The number of aromatic nitrogens is 6.